The number of hydrogen-bond acceptors (Lipinski definition) is 2. The lowest BCUT2D eigenvalue weighted by molar-refractivity contribution is -0.0742. The third kappa shape index (κ3) is 2.06. The summed E-state index contributed by atoms with van der Waals surface area (Å²) in [5.74, 6) is -2.44. The lowest BCUT2D eigenvalue weighted by Crippen LogP contribution is -2.59. The van der Waals surface area contributed by atoms with Gasteiger partial charge in [-0.15, -0.1) is 0 Å². The highest BCUT2D eigenvalue weighted by atomic mass is 19.3. The number of hydrogen-bond donors (Lipinski definition) is 1. The van der Waals surface area contributed by atoms with Crippen LogP contribution in [0.5, 0.6) is 0 Å². The van der Waals surface area contributed by atoms with E-state index in [2.05, 4.69) is 10.2 Å². The van der Waals surface area contributed by atoms with E-state index in [1.807, 2.05) is 7.05 Å². The molecule has 2 nitrogen and oxygen atoms in total. The van der Waals surface area contributed by atoms with Gasteiger partial charge in [0, 0.05) is 24.9 Å². The van der Waals surface area contributed by atoms with Gasteiger partial charge in [0.1, 0.15) is 0 Å². The van der Waals surface area contributed by atoms with Crippen molar-refractivity contribution in [2.75, 3.05) is 26.7 Å². The third-order valence-corrected chi connectivity index (χ3v) is 3.53. The molecule has 1 spiro atoms. The second-order valence-corrected chi connectivity index (χ2v) is 4.79. The number of halogens is 2. The van der Waals surface area contributed by atoms with E-state index in [-0.39, 0.29) is 18.4 Å². The summed E-state index contributed by atoms with van der Waals surface area (Å²) in [5.41, 5.74) is -0.270. The van der Waals surface area contributed by atoms with Crippen LogP contribution in [-0.2, 0) is 0 Å². The Labute approximate surface area is 83.7 Å². The summed E-state index contributed by atoms with van der Waals surface area (Å²) < 4.78 is 26.6. The highest BCUT2D eigenvalue weighted by molar-refractivity contribution is 4.99. The van der Waals surface area contributed by atoms with Crippen LogP contribution >= 0.6 is 0 Å². The van der Waals surface area contributed by atoms with Crippen LogP contribution in [0.4, 0.5) is 8.78 Å². The monoisotopic (exact) mass is 204 g/mol. The Morgan fingerprint density at radius 1 is 1.14 bits per heavy atom. The first kappa shape index (κ1) is 10.3. The molecule has 0 aromatic heterocycles. The largest absolute Gasteiger partial charge is 0.311 e. The molecule has 0 radical (unpaired) electrons. The molecule has 0 bridgehead atoms. The molecule has 82 valence electrons. The lowest BCUT2D eigenvalue weighted by atomic mass is 9.79. The average Bonchev–Trinajstić information content (AvgIpc) is 2.09. The average molecular weight is 204 g/mol. The number of nitrogens with zero attached hydrogens (tertiary/aromatic N) is 1. The van der Waals surface area contributed by atoms with Gasteiger partial charge in [-0.25, -0.2) is 8.78 Å². The van der Waals surface area contributed by atoms with E-state index in [0.29, 0.717) is 6.54 Å². The van der Waals surface area contributed by atoms with Crippen molar-refractivity contribution in [1.29, 1.82) is 0 Å². The van der Waals surface area contributed by atoms with Crippen LogP contribution in [0.1, 0.15) is 25.7 Å². The summed E-state index contributed by atoms with van der Waals surface area (Å²) in [6, 6.07) is 0. The zero-order valence-electron chi connectivity index (χ0n) is 8.65. The summed E-state index contributed by atoms with van der Waals surface area (Å²) >= 11 is 0. The van der Waals surface area contributed by atoms with E-state index >= 15 is 0 Å². The molecule has 0 saturated carbocycles. The van der Waals surface area contributed by atoms with Gasteiger partial charge in [0.15, 0.2) is 0 Å². The number of likely N-dealkylation sites (tertiary alicyclic amines) is 1. The van der Waals surface area contributed by atoms with Gasteiger partial charge in [-0.3, -0.25) is 0 Å². The fraction of sp³-hybridized carbons (Fsp3) is 1.00. The molecular weight excluding hydrogens is 186 g/mol. The molecular formula is C10H18F2N2. The molecule has 2 heterocycles. The van der Waals surface area contributed by atoms with E-state index < -0.39 is 5.92 Å². The SMILES string of the molecule is CN1CCC2(CC1)CC(F)(F)CCN2. The molecule has 0 unspecified atom stereocenters. The second-order valence-electron chi connectivity index (χ2n) is 4.79. The smallest absolute Gasteiger partial charge is 0.251 e. The van der Waals surface area contributed by atoms with Gasteiger partial charge < -0.3 is 10.2 Å². The second kappa shape index (κ2) is 3.42. The van der Waals surface area contributed by atoms with E-state index in [1.54, 1.807) is 0 Å². The molecule has 4 heteroatoms. The van der Waals surface area contributed by atoms with E-state index in [1.165, 1.54) is 0 Å². The number of nitrogens with one attached hydrogen (secondary N) is 1. The molecule has 1 N–H and O–H groups in total. The highest BCUT2D eigenvalue weighted by Gasteiger charge is 2.46. The summed E-state index contributed by atoms with van der Waals surface area (Å²) in [6.07, 6.45) is 1.76. The standard InChI is InChI=1S/C10H18F2N2/c1-14-6-3-9(4-7-14)8-10(11,12)2-5-13-9/h13H,2-8H2,1H3. The Morgan fingerprint density at radius 3 is 2.36 bits per heavy atom. The fourth-order valence-corrected chi connectivity index (χ4v) is 2.56. The molecule has 2 rings (SSSR count). The van der Waals surface area contributed by atoms with Crippen LogP contribution in [0, 0.1) is 0 Å². The van der Waals surface area contributed by atoms with Crippen molar-refractivity contribution in [2.45, 2.75) is 37.1 Å². The first-order valence-corrected chi connectivity index (χ1v) is 5.33. The number of rotatable bonds is 0. The van der Waals surface area contributed by atoms with Crippen molar-refractivity contribution in [2.24, 2.45) is 0 Å². The Morgan fingerprint density at radius 2 is 1.79 bits per heavy atom. The van der Waals surface area contributed by atoms with Crippen LogP contribution in [-0.4, -0.2) is 43.0 Å². The molecule has 0 aliphatic carbocycles. The van der Waals surface area contributed by atoms with Crippen LogP contribution in [0.3, 0.4) is 0 Å². The first-order chi connectivity index (χ1) is 6.52. The quantitative estimate of drug-likeness (QED) is 0.643. The van der Waals surface area contributed by atoms with Gasteiger partial charge in [0.05, 0.1) is 0 Å². The van der Waals surface area contributed by atoms with Crippen molar-refractivity contribution >= 4 is 0 Å². The van der Waals surface area contributed by atoms with Crippen molar-refractivity contribution in [3.8, 4) is 0 Å². The van der Waals surface area contributed by atoms with E-state index in [9.17, 15) is 8.78 Å². The minimum Gasteiger partial charge on any atom is -0.311 e. The van der Waals surface area contributed by atoms with Crippen LogP contribution in [0.25, 0.3) is 0 Å². The van der Waals surface area contributed by atoms with Gasteiger partial charge in [0.25, 0.3) is 5.92 Å². The van der Waals surface area contributed by atoms with Gasteiger partial charge in [0.2, 0.25) is 0 Å². The maximum atomic E-state index is 13.3. The molecule has 14 heavy (non-hydrogen) atoms. The maximum Gasteiger partial charge on any atom is 0.251 e. The van der Waals surface area contributed by atoms with Crippen molar-refractivity contribution in [1.82, 2.24) is 10.2 Å². The number of alkyl halides is 2. The Hall–Kier alpha value is -0.220. The minimum absolute atomic E-state index is 0.00455. The predicted molar refractivity (Wildman–Crippen MR) is 51.6 cm³/mol. The fourth-order valence-electron chi connectivity index (χ4n) is 2.56. The molecule has 2 fully saturated rings. The summed E-state index contributed by atoms with van der Waals surface area (Å²) in [4.78, 5) is 2.21. The minimum atomic E-state index is -2.44. The normalized spacial score (nSPS) is 31.9. The van der Waals surface area contributed by atoms with Crippen LogP contribution < -0.4 is 5.32 Å². The van der Waals surface area contributed by atoms with Crippen molar-refractivity contribution < 1.29 is 8.78 Å². The summed E-state index contributed by atoms with van der Waals surface area (Å²) in [5, 5.41) is 3.30. The van der Waals surface area contributed by atoms with Gasteiger partial charge in [-0.2, -0.15) is 0 Å². The first-order valence-electron chi connectivity index (χ1n) is 5.33. The van der Waals surface area contributed by atoms with Crippen molar-refractivity contribution in [3.63, 3.8) is 0 Å². The summed E-state index contributed by atoms with van der Waals surface area (Å²) in [7, 11) is 2.05. The van der Waals surface area contributed by atoms with Crippen LogP contribution in [0.2, 0.25) is 0 Å². The molecule has 2 saturated heterocycles. The molecule has 0 atom stereocenters. The maximum absolute atomic E-state index is 13.3. The third-order valence-electron chi connectivity index (χ3n) is 3.53. The van der Waals surface area contributed by atoms with Crippen molar-refractivity contribution in [3.05, 3.63) is 0 Å². The predicted octanol–water partition coefficient (Wildman–Crippen LogP) is 1.47. The van der Waals surface area contributed by atoms with Gasteiger partial charge >= 0.3 is 0 Å². The van der Waals surface area contributed by atoms with Gasteiger partial charge in [-0.05, 0) is 33.0 Å². The molecule has 0 aromatic carbocycles. The Balaban J connectivity index is 2.01. The molecule has 2 aliphatic heterocycles. The zero-order valence-corrected chi connectivity index (χ0v) is 8.65. The molecule has 0 aromatic rings. The topological polar surface area (TPSA) is 15.3 Å². The Kier molecular flexibility index (Phi) is 2.52. The zero-order chi connectivity index (χ0) is 10.2. The van der Waals surface area contributed by atoms with Crippen LogP contribution in [0.15, 0.2) is 0 Å². The molecule has 0 amide bonds. The van der Waals surface area contributed by atoms with E-state index in [0.717, 1.165) is 25.9 Å². The lowest BCUT2D eigenvalue weighted by Gasteiger charge is -2.46. The Bertz CT molecular complexity index is 210. The van der Waals surface area contributed by atoms with Gasteiger partial charge in [-0.1, -0.05) is 0 Å². The van der Waals surface area contributed by atoms with E-state index in [4.69, 9.17) is 0 Å². The highest BCUT2D eigenvalue weighted by Crippen LogP contribution is 2.38. The summed E-state index contributed by atoms with van der Waals surface area (Å²) in [6.45, 7) is 2.34. The molecule has 2 aliphatic rings. The number of piperidine rings is 2.